The smallest absolute Gasteiger partial charge is 0.191 e. The van der Waals surface area contributed by atoms with Crippen LogP contribution in [0.1, 0.15) is 32.3 Å². The second-order valence-electron chi connectivity index (χ2n) is 5.99. The third-order valence-electron chi connectivity index (χ3n) is 4.01. The maximum absolute atomic E-state index is 5.73. The molecule has 22 heavy (non-hydrogen) atoms. The summed E-state index contributed by atoms with van der Waals surface area (Å²) >= 11 is 0. The van der Waals surface area contributed by atoms with Crippen LogP contribution in [0.4, 0.5) is 0 Å². The second kappa shape index (κ2) is 6.90. The molecule has 2 unspecified atom stereocenters. The van der Waals surface area contributed by atoms with Crippen LogP contribution in [0.2, 0.25) is 0 Å². The van der Waals surface area contributed by atoms with Crippen molar-refractivity contribution >= 4 is 5.96 Å². The molecule has 5 heteroatoms. The van der Waals surface area contributed by atoms with Crippen LogP contribution in [0.3, 0.4) is 0 Å². The summed E-state index contributed by atoms with van der Waals surface area (Å²) in [5.41, 5.74) is 1.13. The number of ether oxygens (including phenoxy) is 2. The molecule has 120 valence electrons. The number of rotatable bonds is 4. The Morgan fingerprint density at radius 1 is 1.27 bits per heavy atom. The van der Waals surface area contributed by atoms with Gasteiger partial charge in [0.1, 0.15) is 0 Å². The van der Waals surface area contributed by atoms with Crippen LogP contribution in [0.5, 0.6) is 11.5 Å². The van der Waals surface area contributed by atoms with Crippen molar-refractivity contribution in [1.82, 2.24) is 10.6 Å². The molecule has 0 bridgehead atoms. The molecule has 1 fully saturated rings. The fourth-order valence-electron chi connectivity index (χ4n) is 2.50. The molecule has 0 spiro atoms. The van der Waals surface area contributed by atoms with Gasteiger partial charge in [0, 0.05) is 19.0 Å². The first-order chi connectivity index (χ1) is 10.8. The largest absolute Gasteiger partial charge is 0.490 e. The van der Waals surface area contributed by atoms with Crippen molar-refractivity contribution in [3.63, 3.8) is 0 Å². The Morgan fingerprint density at radius 2 is 2.05 bits per heavy atom. The molecule has 1 aromatic carbocycles. The van der Waals surface area contributed by atoms with Crippen LogP contribution in [0.25, 0.3) is 0 Å². The molecule has 0 saturated heterocycles. The molecule has 5 nitrogen and oxygen atoms in total. The van der Waals surface area contributed by atoms with Gasteiger partial charge in [0.15, 0.2) is 17.5 Å². The predicted molar refractivity (Wildman–Crippen MR) is 87.6 cm³/mol. The minimum atomic E-state index is 0.571. The predicted octanol–water partition coefficient (Wildman–Crippen LogP) is 2.31. The number of aliphatic imine (C=N–C) groups is 1. The molecule has 0 radical (unpaired) electrons. The lowest BCUT2D eigenvalue weighted by Crippen LogP contribution is -2.39. The summed E-state index contributed by atoms with van der Waals surface area (Å²) in [4.78, 5) is 4.67. The van der Waals surface area contributed by atoms with Crippen molar-refractivity contribution in [1.29, 1.82) is 0 Å². The van der Waals surface area contributed by atoms with Gasteiger partial charge in [-0.05, 0) is 37.0 Å². The van der Waals surface area contributed by atoms with E-state index < -0.39 is 0 Å². The zero-order valence-corrected chi connectivity index (χ0v) is 13.4. The fourth-order valence-corrected chi connectivity index (χ4v) is 2.50. The van der Waals surface area contributed by atoms with E-state index in [4.69, 9.17) is 9.47 Å². The van der Waals surface area contributed by atoms with Crippen LogP contribution in [-0.2, 0) is 6.54 Å². The molecule has 1 aliphatic carbocycles. The summed E-state index contributed by atoms with van der Waals surface area (Å²) in [6, 6.07) is 6.64. The van der Waals surface area contributed by atoms with E-state index in [1.54, 1.807) is 0 Å². The zero-order chi connectivity index (χ0) is 15.4. The monoisotopic (exact) mass is 303 g/mol. The van der Waals surface area contributed by atoms with Crippen LogP contribution in [-0.4, -0.2) is 31.8 Å². The van der Waals surface area contributed by atoms with E-state index in [9.17, 15) is 0 Å². The molecule has 1 heterocycles. The number of guanidine groups is 1. The SMILES string of the molecule is CCNC(=NCc1ccc2c(c1)OCCCO2)NC1CC1C. The molecule has 2 N–H and O–H groups in total. The average molecular weight is 303 g/mol. The maximum Gasteiger partial charge on any atom is 0.191 e. The van der Waals surface area contributed by atoms with E-state index in [0.717, 1.165) is 48.5 Å². The molecular formula is C17H25N3O2. The van der Waals surface area contributed by atoms with Crippen LogP contribution in [0.15, 0.2) is 23.2 Å². The van der Waals surface area contributed by atoms with E-state index in [0.29, 0.717) is 19.2 Å². The molecule has 0 aromatic heterocycles. The highest BCUT2D eigenvalue weighted by Gasteiger charge is 2.33. The molecule has 1 saturated carbocycles. The first-order valence-corrected chi connectivity index (χ1v) is 8.19. The Hall–Kier alpha value is -1.91. The van der Waals surface area contributed by atoms with Gasteiger partial charge in [-0.2, -0.15) is 0 Å². The highest BCUT2D eigenvalue weighted by Crippen LogP contribution is 2.31. The van der Waals surface area contributed by atoms with Gasteiger partial charge in [-0.3, -0.25) is 0 Å². The molecule has 2 atom stereocenters. The van der Waals surface area contributed by atoms with Gasteiger partial charge in [0.25, 0.3) is 0 Å². The minimum absolute atomic E-state index is 0.571. The van der Waals surface area contributed by atoms with Crippen LogP contribution >= 0.6 is 0 Å². The van der Waals surface area contributed by atoms with Crippen molar-refractivity contribution in [2.24, 2.45) is 10.9 Å². The first kappa shape index (κ1) is 15.0. The summed E-state index contributed by atoms with van der Waals surface area (Å²) in [6.07, 6.45) is 2.16. The van der Waals surface area contributed by atoms with Crippen LogP contribution < -0.4 is 20.1 Å². The van der Waals surface area contributed by atoms with Gasteiger partial charge in [0.05, 0.1) is 19.8 Å². The van der Waals surface area contributed by atoms with Crippen molar-refractivity contribution in [2.45, 2.75) is 39.3 Å². The summed E-state index contributed by atoms with van der Waals surface area (Å²) in [7, 11) is 0. The molecular weight excluding hydrogens is 278 g/mol. The van der Waals surface area contributed by atoms with Gasteiger partial charge in [-0.1, -0.05) is 13.0 Å². The summed E-state index contributed by atoms with van der Waals surface area (Å²) in [5.74, 6) is 3.31. The lowest BCUT2D eigenvalue weighted by atomic mass is 10.2. The second-order valence-corrected chi connectivity index (χ2v) is 5.99. The van der Waals surface area contributed by atoms with Gasteiger partial charge in [-0.25, -0.2) is 4.99 Å². The van der Waals surface area contributed by atoms with Crippen molar-refractivity contribution < 1.29 is 9.47 Å². The van der Waals surface area contributed by atoms with Gasteiger partial charge in [0.2, 0.25) is 0 Å². The number of nitrogens with zero attached hydrogens (tertiary/aromatic N) is 1. The summed E-state index contributed by atoms with van der Waals surface area (Å²) in [6.45, 7) is 7.27. The van der Waals surface area contributed by atoms with E-state index in [1.165, 1.54) is 6.42 Å². The fraction of sp³-hybridized carbons (Fsp3) is 0.588. The van der Waals surface area contributed by atoms with Crippen LogP contribution in [0, 0.1) is 5.92 Å². The molecule has 3 rings (SSSR count). The number of fused-ring (bicyclic) bond motifs is 1. The molecule has 1 aliphatic heterocycles. The van der Waals surface area contributed by atoms with E-state index >= 15 is 0 Å². The number of benzene rings is 1. The van der Waals surface area contributed by atoms with E-state index in [-0.39, 0.29) is 0 Å². The normalized spacial score (nSPS) is 23.6. The third-order valence-corrected chi connectivity index (χ3v) is 4.01. The third kappa shape index (κ3) is 3.84. The van der Waals surface area contributed by atoms with Gasteiger partial charge in [-0.15, -0.1) is 0 Å². The Bertz CT molecular complexity index is 545. The Labute approximate surface area is 132 Å². The summed E-state index contributed by atoms with van der Waals surface area (Å²) < 4.78 is 11.4. The highest BCUT2D eigenvalue weighted by atomic mass is 16.5. The van der Waals surface area contributed by atoms with E-state index in [1.807, 2.05) is 12.1 Å². The lowest BCUT2D eigenvalue weighted by molar-refractivity contribution is 0.297. The number of nitrogens with one attached hydrogen (secondary N) is 2. The number of hydrogen-bond acceptors (Lipinski definition) is 3. The number of hydrogen-bond donors (Lipinski definition) is 2. The van der Waals surface area contributed by atoms with Gasteiger partial charge < -0.3 is 20.1 Å². The van der Waals surface area contributed by atoms with Crippen molar-refractivity contribution in [3.05, 3.63) is 23.8 Å². The highest BCUT2D eigenvalue weighted by molar-refractivity contribution is 5.80. The van der Waals surface area contributed by atoms with Crippen molar-refractivity contribution in [2.75, 3.05) is 19.8 Å². The maximum atomic E-state index is 5.73. The quantitative estimate of drug-likeness (QED) is 0.662. The molecule has 2 aliphatic rings. The van der Waals surface area contributed by atoms with E-state index in [2.05, 4.69) is 35.5 Å². The Balaban J connectivity index is 1.65. The zero-order valence-electron chi connectivity index (χ0n) is 13.4. The minimum Gasteiger partial charge on any atom is -0.490 e. The molecule has 0 amide bonds. The van der Waals surface area contributed by atoms with Crippen molar-refractivity contribution in [3.8, 4) is 11.5 Å². The van der Waals surface area contributed by atoms with Gasteiger partial charge >= 0.3 is 0 Å². The Morgan fingerprint density at radius 3 is 2.77 bits per heavy atom. The first-order valence-electron chi connectivity index (χ1n) is 8.19. The standard InChI is InChI=1S/C17H25N3O2/c1-3-18-17(20-14-9-12(14)2)19-11-13-5-6-15-16(10-13)22-8-4-7-21-15/h5-6,10,12,14H,3-4,7-9,11H2,1-2H3,(H2,18,19,20). The topological polar surface area (TPSA) is 54.9 Å². The lowest BCUT2D eigenvalue weighted by Gasteiger charge is -2.11. The Kier molecular flexibility index (Phi) is 4.71. The average Bonchev–Trinajstić information content (AvgIpc) is 3.26. The molecule has 1 aromatic rings. The summed E-state index contributed by atoms with van der Waals surface area (Å²) in [5, 5.41) is 6.77.